The van der Waals surface area contributed by atoms with Crippen molar-refractivity contribution in [1.82, 2.24) is 30.3 Å². The van der Waals surface area contributed by atoms with Gasteiger partial charge in [0.25, 0.3) is 0 Å². The quantitative estimate of drug-likeness (QED) is 0.0825. The van der Waals surface area contributed by atoms with Crippen molar-refractivity contribution in [3.8, 4) is 27.4 Å². The highest BCUT2D eigenvalue weighted by Crippen LogP contribution is 2.35. The highest BCUT2D eigenvalue weighted by Gasteiger charge is 2.44. The second-order valence-electron chi connectivity index (χ2n) is 17.8. The van der Waals surface area contributed by atoms with Gasteiger partial charge in [-0.2, -0.15) is 0 Å². The standard InChI is InChI=1S/C47H62N8O6S/c1-30(32-17-19-33(20-18-32)43-31(2)49-29-62-43)50-45(60)40-26-35(57)28-55(40)46(61)37(47(3,4)5)25-34(56)13-9-7-6-8-10-16-42(59)54-23-21-53(22-24-54)39-27-38(51-52-44(39)48)36-14-11-12-15-41(36)58/h11-12,14-15,17-20,27,29-30,35,37,40,57-58H,6-10,13,16,21-26,28H2,1-5H3,(H2,48,52)(H,50,60)/t30-,35+,37+,40-/m1/s1. The fraction of sp³-hybridized carbons (Fsp3) is 0.511. The van der Waals surface area contributed by atoms with Crippen LogP contribution in [0.5, 0.6) is 5.75 Å². The molecule has 62 heavy (non-hydrogen) atoms. The number of aromatic hydroxyl groups is 1. The van der Waals surface area contributed by atoms with Gasteiger partial charge in [0.15, 0.2) is 5.82 Å². The fourth-order valence-corrected chi connectivity index (χ4v) is 9.26. The number of hydrogen-bond donors (Lipinski definition) is 4. The second-order valence-corrected chi connectivity index (χ2v) is 18.7. The van der Waals surface area contributed by atoms with E-state index in [4.69, 9.17) is 5.73 Å². The Morgan fingerprint density at radius 1 is 0.935 bits per heavy atom. The summed E-state index contributed by atoms with van der Waals surface area (Å²) in [7, 11) is 0. The monoisotopic (exact) mass is 866 g/mol. The number of β-amino-alcohol motifs (C(OH)–C–C–N with tert-alkyl or cyclic N) is 1. The molecule has 4 aromatic rings. The van der Waals surface area contributed by atoms with Crippen LogP contribution >= 0.6 is 11.3 Å². The Hall–Kier alpha value is -5.41. The predicted octanol–water partition coefficient (Wildman–Crippen LogP) is 6.70. The number of nitrogens with two attached hydrogens (primary N) is 1. The van der Waals surface area contributed by atoms with E-state index < -0.39 is 23.5 Å². The molecule has 14 nitrogen and oxygen atoms in total. The number of phenols is 1. The SMILES string of the molecule is Cc1ncsc1-c1ccc([C@@H](C)NC(=O)[C@H]2C[C@H](O)CN2C(=O)[C@H](CC(=O)CCCCCCCC(=O)N2CCN(c3cc(-c4ccccc4O)nnc3N)CC2)C(C)(C)C)cc1. The number of amides is 3. The van der Waals surface area contributed by atoms with Crippen LogP contribution in [-0.2, 0) is 19.2 Å². The van der Waals surface area contributed by atoms with Crippen LogP contribution in [-0.4, -0.2) is 104 Å². The van der Waals surface area contributed by atoms with Gasteiger partial charge in [0.1, 0.15) is 17.6 Å². The number of ketones is 1. The number of aliphatic hydroxyl groups excluding tert-OH is 1. The Balaban J connectivity index is 0.902. The van der Waals surface area contributed by atoms with Crippen molar-refractivity contribution in [2.24, 2.45) is 11.3 Å². The van der Waals surface area contributed by atoms with Crippen LogP contribution in [0, 0.1) is 18.3 Å². The summed E-state index contributed by atoms with van der Waals surface area (Å²) in [5, 5.41) is 32.3. The van der Waals surface area contributed by atoms with Gasteiger partial charge in [0.05, 0.1) is 39.6 Å². The molecule has 0 spiro atoms. The molecule has 0 radical (unpaired) electrons. The number of carbonyl (C=O) groups is 4. The Labute approximate surface area is 368 Å². The smallest absolute Gasteiger partial charge is 0.243 e. The number of nitrogen functional groups attached to an aromatic ring is 1. The Morgan fingerprint density at radius 2 is 1.61 bits per heavy atom. The Bertz CT molecular complexity index is 2180. The first kappa shape index (κ1) is 46.1. The number of aliphatic hydroxyl groups is 1. The second kappa shape index (κ2) is 20.6. The molecule has 4 heterocycles. The molecule has 332 valence electrons. The average Bonchev–Trinajstić information content (AvgIpc) is 3.87. The van der Waals surface area contributed by atoms with Crippen molar-refractivity contribution in [2.75, 3.05) is 43.4 Å². The summed E-state index contributed by atoms with van der Waals surface area (Å²) in [6, 6.07) is 15.6. The van der Waals surface area contributed by atoms with Crippen molar-refractivity contribution in [3.05, 3.63) is 71.4 Å². The molecule has 6 rings (SSSR count). The zero-order valence-electron chi connectivity index (χ0n) is 36.7. The lowest BCUT2D eigenvalue weighted by atomic mass is 9.76. The minimum Gasteiger partial charge on any atom is -0.507 e. The van der Waals surface area contributed by atoms with Gasteiger partial charge >= 0.3 is 0 Å². The zero-order valence-corrected chi connectivity index (χ0v) is 37.5. The minimum atomic E-state index is -0.829. The maximum absolute atomic E-state index is 14.1. The number of nitrogens with zero attached hydrogens (tertiary/aromatic N) is 6. The number of Topliss-reactive ketones (excluding diaryl/α,β-unsaturated/α-hetero) is 1. The molecule has 2 aliphatic heterocycles. The molecule has 5 N–H and O–H groups in total. The summed E-state index contributed by atoms with van der Waals surface area (Å²) in [6.45, 7) is 12.1. The van der Waals surface area contributed by atoms with Crippen LogP contribution in [0.3, 0.4) is 0 Å². The number of carbonyl (C=O) groups excluding carboxylic acids is 4. The number of phenolic OH excluding ortho intramolecular Hbond substituents is 1. The number of rotatable bonds is 17. The Kier molecular flexibility index (Phi) is 15.3. The van der Waals surface area contributed by atoms with Crippen molar-refractivity contribution >= 4 is 46.3 Å². The van der Waals surface area contributed by atoms with Crippen LogP contribution in [0.15, 0.2) is 60.1 Å². The van der Waals surface area contributed by atoms with Crippen LogP contribution in [0.25, 0.3) is 21.7 Å². The molecule has 3 amide bonds. The van der Waals surface area contributed by atoms with E-state index >= 15 is 0 Å². The first-order valence-electron chi connectivity index (χ1n) is 21.9. The van der Waals surface area contributed by atoms with Gasteiger partial charge in [-0.15, -0.1) is 21.5 Å². The molecule has 0 saturated carbocycles. The number of benzene rings is 2. The van der Waals surface area contributed by atoms with Gasteiger partial charge in [-0.25, -0.2) is 4.98 Å². The molecule has 0 bridgehead atoms. The molecular weight excluding hydrogens is 805 g/mol. The first-order valence-corrected chi connectivity index (χ1v) is 22.7. The summed E-state index contributed by atoms with van der Waals surface area (Å²) in [4.78, 5) is 65.1. The third-order valence-electron chi connectivity index (χ3n) is 12.2. The molecular formula is C47H62N8O6S. The van der Waals surface area contributed by atoms with Gasteiger partial charge in [-0.1, -0.05) is 76.4 Å². The normalized spacial score (nSPS) is 17.8. The number of thiazole rings is 1. The number of unbranched alkanes of at least 4 members (excludes halogenated alkanes) is 4. The summed E-state index contributed by atoms with van der Waals surface area (Å²) in [5.74, 6) is -0.675. The number of hydrogen-bond acceptors (Lipinski definition) is 12. The lowest BCUT2D eigenvalue weighted by Gasteiger charge is -2.36. The molecule has 4 atom stereocenters. The summed E-state index contributed by atoms with van der Waals surface area (Å²) < 4.78 is 0. The third-order valence-corrected chi connectivity index (χ3v) is 13.2. The van der Waals surface area contributed by atoms with Gasteiger partial charge in [-0.3, -0.25) is 19.2 Å². The van der Waals surface area contributed by atoms with E-state index in [1.807, 2.05) is 81.4 Å². The van der Waals surface area contributed by atoms with E-state index in [-0.39, 0.29) is 54.7 Å². The van der Waals surface area contributed by atoms with Crippen molar-refractivity contribution in [1.29, 1.82) is 0 Å². The van der Waals surface area contributed by atoms with Gasteiger partial charge < -0.3 is 36.0 Å². The number of anilines is 2. The van der Waals surface area contributed by atoms with E-state index in [9.17, 15) is 29.4 Å². The summed E-state index contributed by atoms with van der Waals surface area (Å²) in [6.07, 6.45) is 4.33. The molecule has 2 aromatic heterocycles. The minimum absolute atomic E-state index is 0.0117. The maximum atomic E-state index is 14.1. The molecule has 0 unspecified atom stereocenters. The van der Waals surface area contributed by atoms with Crippen LogP contribution in [0.4, 0.5) is 11.5 Å². The maximum Gasteiger partial charge on any atom is 0.243 e. The molecule has 0 aliphatic carbocycles. The number of aryl methyl sites for hydroxylation is 1. The summed E-state index contributed by atoms with van der Waals surface area (Å²) >= 11 is 1.58. The largest absolute Gasteiger partial charge is 0.507 e. The number of nitrogens with one attached hydrogen (secondary N) is 1. The topological polar surface area (TPSA) is 195 Å². The number of aromatic nitrogens is 3. The zero-order chi connectivity index (χ0) is 44.6. The highest BCUT2D eigenvalue weighted by molar-refractivity contribution is 7.13. The van der Waals surface area contributed by atoms with Crippen molar-refractivity contribution in [2.45, 2.75) is 111 Å². The Morgan fingerprint density at radius 3 is 2.27 bits per heavy atom. The number of likely N-dealkylation sites (tertiary alicyclic amines) is 1. The molecule has 2 aliphatic rings. The molecule has 15 heteroatoms. The van der Waals surface area contributed by atoms with Crippen LogP contribution in [0.2, 0.25) is 0 Å². The van der Waals surface area contributed by atoms with E-state index in [2.05, 4.69) is 25.4 Å². The summed E-state index contributed by atoms with van der Waals surface area (Å²) in [5.41, 5.74) is 12.3. The lowest BCUT2D eigenvalue weighted by Crippen LogP contribution is -2.50. The first-order chi connectivity index (χ1) is 29.6. The third kappa shape index (κ3) is 11.5. The van der Waals surface area contributed by atoms with E-state index in [1.54, 1.807) is 29.5 Å². The number of piperazine rings is 1. The number of para-hydroxylation sites is 1. The van der Waals surface area contributed by atoms with E-state index in [0.717, 1.165) is 53.1 Å². The molecule has 2 saturated heterocycles. The fourth-order valence-electron chi connectivity index (χ4n) is 8.44. The van der Waals surface area contributed by atoms with E-state index in [0.29, 0.717) is 62.5 Å². The van der Waals surface area contributed by atoms with E-state index in [1.165, 1.54) is 4.90 Å². The highest BCUT2D eigenvalue weighted by atomic mass is 32.1. The lowest BCUT2D eigenvalue weighted by molar-refractivity contribution is -0.146. The average molecular weight is 867 g/mol. The molecule has 2 aromatic carbocycles. The van der Waals surface area contributed by atoms with Crippen molar-refractivity contribution < 1.29 is 29.4 Å². The predicted molar refractivity (Wildman–Crippen MR) is 242 cm³/mol. The van der Waals surface area contributed by atoms with Gasteiger partial charge in [0.2, 0.25) is 17.7 Å². The van der Waals surface area contributed by atoms with Crippen molar-refractivity contribution in [3.63, 3.8) is 0 Å². The van der Waals surface area contributed by atoms with Gasteiger partial charge in [0, 0.05) is 69.9 Å². The van der Waals surface area contributed by atoms with Crippen LogP contribution < -0.4 is 16.0 Å². The molecule has 2 fully saturated rings. The van der Waals surface area contributed by atoms with Gasteiger partial charge in [-0.05, 0) is 61.4 Å². The van der Waals surface area contributed by atoms with Crippen LogP contribution in [0.1, 0.15) is 103 Å².